The molecule has 0 aliphatic heterocycles. The van der Waals surface area contributed by atoms with Crippen molar-refractivity contribution in [2.75, 3.05) is 16.4 Å². The number of aromatic nitrogens is 2. The standard InChI is InChI=1S/C19H17FN4O2S2/c1-2-12-6-8-15(9-7-12)21-16(25)11-27-19-24-23-18(28-19)22-17(26)13-4-3-5-14(20)10-13/h3-10H,2,11H2,1H3,(H,21,25)(H,22,23,26). The van der Waals surface area contributed by atoms with E-state index in [1.165, 1.54) is 35.5 Å². The molecule has 28 heavy (non-hydrogen) atoms. The molecular weight excluding hydrogens is 399 g/mol. The summed E-state index contributed by atoms with van der Waals surface area (Å²) in [6.07, 6.45) is 0.944. The molecule has 0 atom stereocenters. The van der Waals surface area contributed by atoms with Gasteiger partial charge in [-0.2, -0.15) is 0 Å². The summed E-state index contributed by atoms with van der Waals surface area (Å²) in [6, 6.07) is 13.1. The topological polar surface area (TPSA) is 84.0 Å². The highest BCUT2D eigenvalue weighted by Crippen LogP contribution is 2.26. The zero-order valence-electron chi connectivity index (χ0n) is 14.9. The molecule has 0 saturated carbocycles. The monoisotopic (exact) mass is 416 g/mol. The van der Waals surface area contributed by atoms with Crippen LogP contribution in [0.25, 0.3) is 0 Å². The van der Waals surface area contributed by atoms with Crippen molar-refractivity contribution < 1.29 is 14.0 Å². The van der Waals surface area contributed by atoms with E-state index in [2.05, 4.69) is 27.8 Å². The average molecular weight is 417 g/mol. The SMILES string of the molecule is CCc1ccc(NC(=O)CSc2nnc(NC(=O)c3cccc(F)c3)s2)cc1. The smallest absolute Gasteiger partial charge is 0.257 e. The van der Waals surface area contributed by atoms with Gasteiger partial charge in [-0.1, -0.05) is 48.2 Å². The second kappa shape index (κ2) is 9.43. The number of carbonyl (C=O) groups is 2. The van der Waals surface area contributed by atoms with Gasteiger partial charge in [-0.15, -0.1) is 10.2 Å². The van der Waals surface area contributed by atoms with Crippen LogP contribution in [0.2, 0.25) is 0 Å². The number of benzene rings is 2. The summed E-state index contributed by atoms with van der Waals surface area (Å²) in [5, 5.41) is 13.5. The Morgan fingerprint density at radius 2 is 1.89 bits per heavy atom. The van der Waals surface area contributed by atoms with Gasteiger partial charge in [-0.05, 0) is 42.3 Å². The van der Waals surface area contributed by atoms with Gasteiger partial charge in [0.2, 0.25) is 11.0 Å². The van der Waals surface area contributed by atoms with Gasteiger partial charge in [-0.3, -0.25) is 14.9 Å². The van der Waals surface area contributed by atoms with Crippen LogP contribution in [-0.2, 0) is 11.2 Å². The Labute approximate surface area is 169 Å². The fourth-order valence-electron chi connectivity index (χ4n) is 2.27. The summed E-state index contributed by atoms with van der Waals surface area (Å²) in [6.45, 7) is 2.07. The van der Waals surface area contributed by atoms with E-state index in [1.54, 1.807) is 0 Å². The van der Waals surface area contributed by atoms with Crippen LogP contribution in [0.5, 0.6) is 0 Å². The molecule has 2 amide bonds. The highest BCUT2D eigenvalue weighted by atomic mass is 32.2. The van der Waals surface area contributed by atoms with Gasteiger partial charge in [0.25, 0.3) is 5.91 Å². The summed E-state index contributed by atoms with van der Waals surface area (Å²) < 4.78 is 13.7. The zero-order valence-corrected chi connectivity index (χ0v) is 16.6. The first kappa shape index (κ1) is 20.0. The van der Waals surface area contributed by atoms with Gasteiger partial charge in [0.1, 0.15) is 5.82 Å². The molecule has 2 N–H and O–H groups in total. The lowest BCUT2D eigenvalue weighted by molar-refractivity contribution is -0.113. The molecule has 3 aromatic rings. The fraction of sp³-hybridized carbons (Fsp3) is 0.158. The van der Waals surface area contributed by atoms with Crippen LogP contribution in [0.4, 0.5) is 15.2 Å². The number of aryl methyl sites for hydroxylation is 1. The first-order chi connectivity index (χ1) is 13.5. The Bertz CT molecular complexity index is 976. The van der Waals surface area contributed by atoms with Crippen LogP contribution in [0.3, 0.4) is 0 Å². The van der Waals surface area contributed by atoms with Gasteiger partial charge < -0.3 is 5.32 Å². The van der Waals surface area contributed by atoms with Crippen molar-refractivity contribution in [1.29, 1.82) is 0 Å². The Morgan fingerprint density at radius 1 is 1.11 bits per heavy atom. The third kappa shape index (κ3) is 5.61. The van der Waals surface area contributed by atoms with E-state index in [4.69, 9.17) is 0 Å². The van der Waals surface area contributed by atoms with Crippen LogP contribution < -0.4 is 10.6 Å². The van der Waals surface area contributed by atoms with E-state index in [0.29, 0.717) is 4.34 Å². The maximum absolute atomic E-state index is 13.2. The van der Waals surface area contributed by atoms with Crippen LogP contribution >= 0.6 is 23.1 Å². The average Bonchev–Trinajstić information content (AvgIpc) is 3.14. The molecule has 9 heteroatoms. The Morgan fingerprint density at radius 3 is 2.61 bits per heavy atom. The van der Waals surface area contributed by atoms with Crippen LogP contribution in [0, 0.1) is 5.82 Å². The van der Waals surface area contributed by atoms with E-state index in [-0.39, 0.29) is 22.4 Å². The third-order valence-corrected chi connectivity index (χ3v) is 5.66. The van der Waals surface area contributed by atoms with Crippen LogP contribution in [0.15, 0.2) is 52.9 Å². The van der Waals surface area contributed by atoms with Gasteiger partial charge >= 0.3 is 0 Å². The molecule has 0 bridgehead atoms. The number of thioether (sulfide) groups is 1. The van der Waals surface area contributed by atoms with Crippen molar-refractivity contribution in [3.8, 4) is 0 Å². The molecular formula is C19H17FN4O2S2. The van der Waals surface area contributed by atoms with Crippen molar-refractivity contribution in [1.82, 2.24) is 10.2 Å². The summed E-state index contributed by atoms with van der Waals surface area (Å²) >= 11 is 2.37. The van der Waals surface area contributed by atoms with Crippen LogP contribution in [-0.4, -0.2) is 27.8 Å². The van der Waals surface area contributed by atoms with E-state index < -0.39 is 11.7 Å². The lowest BCUT2D eigenvalue weighted by atomic mass is 10.1. The molecule has 0 spiro atoms. The maximum atomic E-state index is 13.2. The quantitative estimate of drug-likeness (QED) is 0.445. The van der Waals surface area contributed by atoms with Crippen molar-refractivity contribution in [2.24, 2.45) is 0 Å². The molecule has 1 heterocycles. The maximum Gasteiger partial charge on any atom is 0.257 e. The van der Waals surface area contributed by atoms with E-state index in [0.717, 1.165) is 29.5 Å². The van der Waals surface area contributed by atoms with Crippen molar-refractivity contribution in [3.63, 3.8) is 0 Å². The predicted molar refractivity (Wildman–Crippen MR) is 109 cm³/mol. The summed E-state index contributed by atoms with van der Waals surface area (Å²) in [5.41, 5.74) is 2.13. The fourth-order valence-corrected chi connectivity index (χ4v) is 3.81. The number of anilines is 2. The van der Waals surface area contributed by atoms with Crippen molar-refractivity contribution in [3.05, 3.63) is 65.5 Å². The van der Waals surface area contributed by atoms with E-state index in [1.807, 2.05) is 24.3 Å². The molecule has 0 aliphatic carbocycles. The van der Waals surface area contributed by atoms with E-state index >= 15 is 0 Å². The number of hydrogen-bond acceptors (Lipinski definition) is 6. The van der Waals surface area contributed by atoms with Crippen molar-refractivity contribution in [2.45, 2.75) is 17.7 Å². The highest BCUT2D eigenvalue weighted by molar-refractivity contribution is 8.01. The third-order valence-electron chi connectivity index (χ3n) is 3.69. The second-order valence-corrected chi connectivity index (χ2v) is 7.92. The number of amides is 2. The molecule has 0 fully saturated rings. The van der Waals surface area contributed by atoms with Crippen molar-refractivity contribution >= 4 is 45.7 Å². The molecule has 0 unspecified atom stereocenters. The highest BCUT2D eigenvalue weighted by Gasteiger charge is 2.12. The van der Waals surface area contributed by atoms with Gasteiger partial charge in [0, 0.05) is 11.3 Å². The minimum Gasteiger partial charge on any atom is -0.325 e. The molecule has 0 radical (unpaired) electrons. The molecule has 1 aromatic heterocycles. The zero-order chi connectivity index (χ0) is 19.9. The molecule has 144 valence electrons. The summed E-state index contributed by atoms with van der Waals surface area (Å²) in [4.78, 5) is 24.1. The normalized spacial score (nSPS) is 10.5. The molecule has 2 aromatic carbocycles. The lowest BCUT2D eigenvalue weighted by Crippen LogP contribution is -2.13. The van der Waals surface area contributed by atoms with Crippen LogP contribution in [0.1, 0.15) is 22.8 Å². The lowest BCUT2D eigenvalue weighted by Gasteiger charge is -2.05. The number of nitrogens with one attached hydrogen (secondary N) is 2. The Hall–Kier alpha value is -2.78. The number of rotatable bonds is 7. The summed E-state index contributed by atoms with van der Waals surface area (Å²) in [7, 11) is 0. The minimum atomic E-state index is -0.489. The molecule has 0 aliphatic rings. The predicted octanol–water partition coefficient (Wildman–Crippen LogP) is 4.22. The molecule has 0 saturated heterocycles. The first-order valence-corrected chi connectivity index (χ1v) is 10.3. The van der Waals surface area contributed by atoms with Gasteiger partial charge in [0.05, 0.1) is 5.75 Å². The number of carbonyl (C=O) groups excluding carboxylic acids is 2. The minimum absolute atomic E-state index is 0.158. The largest absolute Gasteiger partial charge is 0.325 e. The van der Waals surface area contributed by atoms with E-state index in [9.17, 15) is 14.0 Å². The number of halogens is 1. The van der Waals surface area contributed by atoms with Gasteiger partial charge in [-0.25, -0.2) is 4.39 Å². The number of nitrogens with zero attached hydrogens (tertiary/aromatic N) is 2. The van der Waals surface area contributed by atoms with Gasteiger partial charge in [0.15, 0.2) is 4.34 Å². The summed E-state index contributed by atoms with van der Waals surface area (Å²) in [5.74, 6) is -0.950. The number of hydrogen-bond donors (Lipinski definition) is 2. The Balaban J connectivity index is 1.50. The molecule has 6 nitrogen and oxygen atoms in total. The molecule has 3 rings (SSSR count). The second-order valence-electron chi connectivity index (χ2n) is 5.72. The Kier molecular flexibility index (Phi) is 6.72. The first-order valence-electron chi connectivity index (χ1n) is 8.45.